The van der Waals surface area contributed by atoms with Crippen LogP contribution >= 0.6 is 46.4 Å². The van der Waals surface area contributed by atoms with Crippen LogP contribution in [0.15, 0.2) is 30.3 Å². The minimum absolute atomic E-state index is 0.00668. The highest BCUT2D eigenvalue weighted by atomic mass is 35.5. The van der Waals surface area contributed by atoms with Crippen molar-refractivity contribution in [3.8, 4) is 0 Å². The highest BCUT2D eigenvalue weighted by Gasteiger charge is 2.21. The molecular formula is C13H5Cl4FO. The Morgan fingerprint density at radius 1 is 1.00 bits per heavy atom. The first-order valence-corrected chi connectivity index (χ1v) is 6.56. The molecule has 98 valence electrons. The summed E-state index contributed by atoms with van der Waals surface area (Å²) in [5.41, 5.74) is 0.0352. The summed E-state index contributed by atoms with van der Waals surface area (Å²) < 4.78 is 13.3. The van der Waals surface area contributed by atoms with Crippen LogP contribution in [0.4, 0.5) is 4.39 Å². The molecule has 0 aliphatic rings. The van der Waals surface area contributed by atoms with Crippen LogP contribution in [0.5, 0.6) is 0 Å². The van der Waals surface area contributed by atoms with E-state index in [0.717, 1.165) is 6.07 Å². The van der Waals surface area contributed by atoms with Gasteiger partial charge < -0.3 is 0 Å². The van der Waals surface area contributed by atoms with Crippen molar-refractivity contribution >= 4 is 52.2 Å². The fourth-order valence-electron chi connectivity index (χ4n) is 1.57. The van der Waals surface area contributed by atoms with Crippen LogP contribution in [-0.2, 0) is 0 Å². The number of ketones is 1. The van der Waals surface area contributed by atoms with Crippen LogP contribution in [0.1, 0.15) is 15.9 Å². The lowest BCUT2D eigenvalue weighted by atomic mass is 10.0. The summed E-state index contributed by atoms with van der Waals surface area (Å²) in [7, 11) is 0. The number of hydrogen-bond acceptors (Lipinski definition) is 1. The maximum Gasteiger partial charge on any atom is 0.197 e. The van der Waals surface area contributed by atoms with Crippen LogP contribution in [0.3, 0.4) is 0 Å². The fraction of sp³-hybridized carbons (Fsp3) is 0. The molecule has 0 N–H and O–H groups in total. The lowest BCUT2D eigenvalue weighted by Crippen LogP contribution is -2.05. The maximum absolute atomic E-state index is 13.3. The SMILES string of the molecule is O=C(c1cccc(F)c1Cl)c1c(Cl)cc(Cl)cc1Cl. The van der Waals surface area contributed by atoms with E-state index >= 15 is 0 Å². The van der Waals surface area contributed by atoms with E-state index in [2.05, 4.69) is 0 Å². The first kappa shape index (κ1) is 14.6. The van der Waals surface area contributed by atoms with Crippen LogP contribution in [0.25, 0.3) is 0 Å². The molecule has 0 aromatic heterocycles. The zero-order valence-electron chi connectivity index (χ0n) is 9.18. The molecule has 0 aliphatic heterocycles. The molecule has 2 rings (SSSR count). The summed E-state index contributed by atoms with van der Waals surface area (Å²) in [5, 5.41) is 0.206. The quantitative estimate of drug-likeness (QED) is 0.645. The van der Waals surface area contributed by atoms with Crippen molar-refractivity contribution in [1.82, 2.24) is 0 Å². The van der Waals surface area contributed by atoms with Crippen molar-refractivity contribution in [3.63, 3.8) is 0 Å². The van der Waals surface area contributed by atoms with E-state index in [1.807, 2.05) is 0 Å². The minimum Gasteiger partial charge on any atom is -0.288 e. The molecule has 6 heteroatoms. The van der Waals surface area contributed by atoms with Crippen molar-refractivity contribution in [3.05, 3.63) is 67.4 Å². The third-order valence-corrected chi connectivity index (χ3v) is 3.63. The molecule has 0 fully saturated rings. The Bertz CT molecular complexity index is 647. The summed E-state index contributed by atoms with van der Waals surface area (Å²) in [4.78, 5) is 12.3. The molecule has 0 spiro atoms. The van der Waals surface area contributed by atoms with Crippen molar-refractivity contribution in [1.29, 1.82) is 0 Å². The van der Waals surface area contributed by atoms with Crippen molar-refractivity contribution in [2.24, 2.45) is 0 Å². The topological polar surface area (TPSA) is 17.1 Å². The molecule has 0 radical (unpaired) electrons. The standard InChI is InChI=1S/C13H5Cl4FO/c14-6-4-8(15)11(9(16)5-6)13(19)7-2-1-3-10(18)12(7)17/h1-5H. The lowest BCUT2D eigenvalue weighted by Gasteiger charge is -2.08. The first-order chi connectivity index (χ1) is 8.91. The third kappa shape index (κ3) is 2.87. The highest BCUT2D eigenvalue weighted by Crippen LogP contribution is 2.32. The molecule has 0 saturated heterocycles. The summed E-state index contributed by atoms with van der Waals surface area (Å²) in [6, 6.07) is 6.70. The Hall–Kier alpha value is -0.800. The molecule has 0 bridgehead atoms. The largest absolute Gasteiger partial charge is 0.288 e. The predicted molar refractivity (Wildman–Crippen MR) is 76.3 cm³/mol. The monoisotopic (exact) mass is 336 g/mol. The molecule has 0 amide bonds. The Morgan fingerprint density at radius 3 is 2.16 bits per heavy atom. The summed E-state index contributed by atoms with van der Waals surface area (Å²) >= 11 is 23.4. The van der Waals surface area contributed by atoms with Gasteiger partial charge in [0.25, 0.3) is 0 Å². The number of benzene rings is 2. The number of halogens is 5. The number of carbonyl (C=O) groups is 1. The van der Waals surface area contributed by atoms with Gasteiger partial charge in [-0.2, -0.15) is 0 Å². The van der Waals surface area contributed by atoms with Gasteiger partial charge in [-0.25, -0.2) is 4.39 Å². The van der Waals surface area contributed by atoms with Gasteiger partial charge in [0, 0.05) is 10.6 Å². The van der Waals surface area contributed by atoms with Gasteiger partial charge in [-0.05, 0) is 24.3 Å². The Kier molecular flexibility index (Phi) is 4.36. The minimum atomic E-state index is -0.686. The smallest absolute Gasteiger partial charge is 0.197 e. The van der Waals surface area contributed by atoms with E-state index in [1.54, 1.807) is 0 Å². The average Bonchev–Trinajstić information content (AvgIpc) is 2.31. The average molecular weight is 338 g/mol. The Morgan fingerprint density at radius 2 is 1.58 bits per heavy atom. The van der Waals surface area contributed by atoms with Crippen molar-refractivity contribution < 1.29 is 9.18 Å². The molecule has 1 nitrogen and oxygen atoms in total. The van der Waals surface area contributed by atoms with Gasteiger partial charge in [0.15, 0.2) is 5.78 Å². The summed E-state index contributed by atoms with van der Waals surface area (Å²) in [6.45, 7) is 0. The highest BCUT2D eigenvalue weighted by molar-refractivity contribution is 6.44. The van der Waals surface area contributed by atoms with E-state index < -0.39 is 11.6 Å². The van der Waals surface area contributed by atoms with E-state index in [1.165, 1.54) is 24.3 Å². The Labute approximate surface area is 128 Å². The van der Waals surface area contributed by atoms with Gasteiger partial charge in [-0.3, -0.25) is 4.79 Å². The number of carbonyl (C=O) groups excluding carboxylic acids is 1. The molecule has 0 saturated carbocycles. The second-order valence-electron chi connectivity index (χ2n) is 3.67. The van der Waals surface area contributed by atoms with E-state index in [4.69, 9.17) is 46.4 Å². The molecule has 19 heavy (non-hydrogen) atoms. The van der Waals surface area contributed by atoms with E-state index in [9.17, 15) is 9.18 Å². The number of hydrogen-bond donors (Lipinski definition) is 0. The van der Waals surface area contributed by atoms with Gasteiger partial charge in [-0.1, -0.05) is 52.5 Å². The lowest BCUT2D eigenvalue weighted by molar-refractivity contribution is 0.103. The normalized spacial score (nSPS) is 10.6. The zero-order valence-corrected chi connectivity index (χ0v) is 12.2. The van der Waals surface area contributed by atoms with Crippen LogP contribution in [-0.4, -0.2) is 5.78 Å². The Balaban J connectivity index is 2.60. The summed E-state index contributed by atoms with van der Waals surface area (Å²) in [6.07, 6.45) is 0. The second-order valence-corrected chi connectivity index (χ2v) is 5.30. The van der Waals surface area contributed by atoms with Gasteiger partial charge >= 0.3 is 0 Å². The molecule has 2 aromatic rings. The molecule has 0 aliphatic carbocycles. The summed E-state index contributed by atoms with van der Waals surface area (Å²) in [5.74, 6) is -1.25. The third-order valence-electron chi connectivity index (χ3n) is 2.43. The predicted octanol–water partition coefficient (Wildman–Crippen LogP) is 5.67. The van der Waals surface area contributed by atoms with Gasteiger partial charge in [-0.15, -0.1) is 0 Å². The van der Waals surface area contributed by atoms with Gasteiger partial charge in [0.2, 0.25) is 0 Å². The molecule has 2 aromatic carbocycles. The first-order valence-electron chi connectivity index (χ1n) is 5.05. The fourth-order valence-corrected chi connectivity index (χ4v) is 2.77. The van der Waals surface area contributed by atoms with E-state index in [0.29, 0.717) is 5.02 Å². The van der Waals surface area contributed by atoms with Crippen LogP contribution in [0, 0.1) is 5.82 Å². The van der Waals surface area contributed by atoms with E-state index in [-0.39, 0.29) is 26.2 Å². The zero-order chi connectivity index (χ0) is 14.2. The van der Waals surface area contributed by atoms with Crippen LogP contribution < -0.4 is 0 Å². The van der Waals surface area contributed by atoms with Gasteiger partial charge in [0.1, 0.15) is 5.82 Å². The molecular weight excluding hydrogens is 333 g/mol. The van der Waals surface area contributed by atoms with Crippen LogP contribution in [0.2, 0.25) is 20.1 Å². The molecule has 0 atom stereocenters. The van der Waals surface area contributed by atoms with Gasteiger partial charge in [0.05, 0.1) is 20.6 Å². The van der Waals surface area contributed by atoms with Crippen molar-refractivity contribution in [2.45, 2.75) is 0 Å². The second kappa shape index (κ2) is 5.68. The molecule has 0 heterocycles. The molecule has 0 unspecified atom stereocenters. The number of rotatable bonds is 2. The maximum atomic E-state index is 13.3. The van der Waals surface area contributed by atoms with Crippen molar-refractivity contribution in [2.75, 3.05) is 0 Å².